The zero-order chi connectivity index (χ0) is 8.15. The second-order valence-corrected chi connectivity index (χ2v) is 1.64. The molecule has 43 valence electrons. The van der Waals surface area contributed by atoms with Crippen LogP contribution >= 0.6 is 0 Å². The van der Waals surface area contributed by atoms with Crippen molar-refractivity contribution < 1.29 is 9.45 Å². The average Bonchev–Trinajstić information content (AvgIpc) is 1.82. The van der Waals surface area contributed by atoms with Crippen LogP contribution in [0.15, 0.2) is 12.1 Å². The summed E-state index contributed by atoms with van der Waals surface area (Å²) in [5.74, 6) is -0.735. The second kappa shape index (κ2) is 4.31. The molecule has 7 radical (unpaired) electrons. The summed E-state index contributed by atoms with van der Waals surface area (Å²) in [6.45, 7) is 3.13. The van der Waals surface area contributed by atoms with Gasteiger partial charge in [-0.1, -0.05) is 12.2 Å². The lowest BCUT2D eigenvalue weighted by atomic mass is 9.54. The first-order valence-electron chi connectivity index (χ1n) is 2.54. The molecule has 0 aromatic rings. The lowest BCUT2D eigenvalue weighted by Crippen LogP contribution is -2.15. The van der Waals surface area contributed by atoms with Gasteiger partial charge in [0.2, 0.25) is 0 Å². The van der Waals surface area contributed by atoms with Crippen LogP contribution in [0.5, 0.6) is 0 Å². The van der Waals surface area contributed by atoms with E-state index in [4.69, 9.17) is 23.5 Å². The number of hydrogen-bond donors (Lipinski definition) is 0. The van der Waals surface area contributed by atoms with Gasteiger partial charge in [-0.05, 0) is 5.47 Å². The summed E-state index contributed by atoms with van der Waals surface area (Å²) in [5, 5.41) is 0. The zero-order valence-electron chi connectivity index (χ0n) is 5.41. The molecule has 0 atom stereocenters. The highest BCUT2D eigenvalue weighted by Gasteiger charge is 2.05. The molecule has 0 saturated carbocycles. The van der Waals surface area contributed by atoms with Crippen molar-refractivity contribution in [2.75, 3.05) is 0 Å². The van der Waals surface area contributed by atoms with Crippen molar-refractivity contribution in [3.63, 3.8) is 0 Å². The minimum atomic E-state index is -0.789. The van der Waals surface area contributed by atoms with Gasteiger partial charge >= 0.3 is 13.5 Å². The fraction of sp³-hybridized carbons (Fsp3) is 0.250. The van der Waals surface area contributed by atoms with Crippen molar-refractivity contribution in [1.29, 1.82) is 0 Å². The van der Waals surface area contributed by atoms with Crippen molar-refractivity contribution in [3.05, 3.63) is 12.1 Å². The van der Waals surface area contributed by atoms with Crippen LogP contribution in [0, 0.1) is 0 Å². The van der Waals surface area contributed by atoms with E-state index in [1.165, 1.54) is 0 Å². The smallest absolute Gasteiger partial charge is 0.359 e. The van der Waals surface area contributed by atoms with Gasteiger partial charge in [0.05, 0.1) is 15.7 Å². The van der Waals surface area contributed by atoms with E-state index in [0.717, 1.165) is 7.48 Å². The molecule has 0 aliphatic carbocycles. The van der Waals surface area contributed by atoms with E-state index in [1.807, 2.05) is 0 Å². The number of hydrogen-bond acceptors (Lipinski definition) is 2. The Balaban J connectivity index is 3.50. The molecule has 0 aromatic carbocycles. The van der Waals surface area contributed by atoms with Gasteiger partial charge in [-0.2, -0.15) is 0 Å². The SMILES string of the molecule is [B]C(=C)C(=O)O[B]C([B])[B]. The first-order chi connectivity index (χ1) is 4.54. The van der Waals surface area contributed by atoms with Gasteiger partial charge in [-0.15, -0.1) is 0 Å². The molecule has 0 amide bonds. The Morgan fingerprint density at radius 2 is 2.10 bits per heavy atom. The molecule has 6 heteroatoms. The van der Waals surface area contributed by atoms with Crippen LogP contribution in [0.3, 0.4) is 0 Å². The number of carbonyl (C=O) groups is 1. The minimum absolute atomic E-state index is 0.183. The molecule has 0 fully saturated rings. The second-order valence-electron chi connectivity index (χ2n) is 1.64. The van der Waals surface area contributed by atoms with E-state index in [9.17, 15) is 4.79 Å². The fourth-order valence-corrected chi connectivity index (χ4v) is 0.216. The van der Waals surface area contributed by atoms with Crippen LogP contribution in [-0.4, -0.2) is 37.0 Å². The van der Waals surface area contributed by atoms with E-state index in [-0.39, 0.29) is 5.47 Å². The zero-order valence-corrected chi connectivity index (χ0v) is 5.41. The molecule has 0 aromatic heterocycles. The molecule has 0 rings (SSSR count). The van der Waals surface area contributed by atoms with Crippen molar-refractivity contribution in [1.82, 2.24) is 0 Å². The maximum absolute atomic E-state index is 10.5. The van der Waals surface area contributed by atoms with Gasteiger partial charge in [0.15, 0.2) is 0 Å². The van der Waals surface area contributed by atoms with E-state index in [1.54, 1.807) is 0 Å². The summed E-state index contributed by atoms with van der Waals surface area (Å²) < 4.78 is 4.33. The Bertz CT molecular complexity index is 144. The van der Waals surface area contributed by atoms with Crippen LogP contribution in [0.25, 0.3) is 0 Å². The summed E-state index contributed by atoms with van der Waals surface area (Å²) in [6.07, 6.45) is 0. The average molecular weight is 126 g/mol. The van der Waals surface area contributed by atoms with Crippen LogP contribution in [0.4, 0.5) is 0 Å². The summed E-state index contributed by atoms with van der Waals surface area (Å²) >= 11 is 0. The lowest BCUT2D eigenvalue weighted by Gasteiger charge is -2.04. The first-order valence-corrected chi connectivity index (χ1v) is 2.54. The molecule has 0 aliphatic heterocycles. The Morgan fingerprint density at radius 3 is 2.40 bits per heavy atom. The van der Waals surface area contributed by atoms with Crippen molar-refractivity contribution >= 4 is 37.0 Å². The monoisotopic (exact) mass is 127 g/mol. The van der Waals surface area contributed by atoms with Crippen molar-refractivity contribution in [2.24, 2.45) is 0 Å². The predicted molar refractivity (Wildman–Crippen MR) is 42.0 cm³/mol. The molecular formula is C4H3B4O2. The van der Waals surface area contributed by atoms with Crippen LogP contribution in [-0.2, 0) is 9.45 Å². The maximum Gasteiger partial charge on any atom is 0.359 e. The Labute approximate surface area is 64.9 Å². The van der Waals surface area contributed by atoms with Gasteiger partial charge < -0.3 is 4.65 Å². The molecule has 0 spiro atoms. The minimum Gasteiger partial charge on any atom is -0.538 e. The highest BCUT2D eigenvalue weighted by atomic mass is 16.5. The van der Waals surface area contributed by atoms with Gasteiger partial charge in [-0.25, -0.2) is 4.79 Å². The first kappa shape index (κ1) is 9.47. The van der Waals surface area contributed by atoms with Gasteiger partial charge in [0, 0.05) is 0 Å². The van der Waals surface area contributed by atoms with E-state index in [2.05, 4.69) is 11.2 Å². The van der Waals surface area contributed by atoms with Crippen molar-refractivity contribution in [3.8, 4) is 0 Å². The molecule has 0 unspecified atom stereocenters. The van der Waals surface area contributed by atoms with E-state index in [0.29, 0.717) is 0 Å². The number of carbonyl (C=O) groups excluding carboxylic acids is 1. The molecule has 0 aliphatic rings. The molecular weight excluding hydrogens is 123 g/mol. The summed E-state index contributed by atoms with van der Waals surface area (Å²) in [4.78, 5) is 10.5. The highest BCUT2D eigenvalue weighted by Crippen LogP contribution is 1.91. The summed E-state index contributed by atoms with van der Waals surface area (Å²) in [7, 11) is 16.0. The summed E-state index contributed by atoms with van der Waals surface area (Å²) in [5.41, 5.74) is -0.972. The highest BCUT2D eigenvalue weighted by molar-refractivity contribution is 6.61. The maximum atomic E-state index is 10.5. The molecule has 0 saturated heterocycles. The molecule has 2 nitrogen and oxygen atoms in total. The molecule has 10 heavy (non-hydrogen) atoms. The largest absolute Gasteiger partial charge is 0.538 e. The van der Waals surface area contributed by atoms with Crippen LogP contribution in [0.2, 0.25) is 5.62 Å². The van der Waals surface area contributed by atoms with Gasteiger partial charge in [-0.3, -0.25) is 0 Å². The third-order valence-corrected chi connectivity index (χ3v) is 0.594. The van der Waals surface area contributed by atoms with Crippen LogP contribution < -0.4 is 0 Å². The lowest BCUT2D eigenvalue weighted by molar-refractivity contribution is -0.129. The standard InChI is InChI=1S/C4H3B4O2/c1-2(5)3(9)10-8-4(6)7/h4H,1H2. The van der Waals surface area contributed by atoms with Crippen molar-refractivity contribution in [2.45, 2.75) is 5.62 Å². The van der Waals surface area contributed by atoms with E-state index >= 15 is 0 Å². The Morgan fingerprint density at radius 1 is 1.60 bits per heavy atom. The summed E-state index contributed by atoms with van der Waals surface area (Å²) in [6, 6.07) is 0. The fourth-order valence-electron chi connectivity index (χ4n) is 0.216. The third kappa shape index (κ3) is 4.36. The van der Waals surface area contributed by atoms with Gasteiger partial charge in [0.1, 0.15) is 7.85 Å². The Hall–Kier alpha value is -0.530. The Kier molecular flexibility index (Phi) is 4.08. The van der Waals surface area contributed by atoms with Crippen LogP contribution in [0.1, 0.15) is 0 Å². The molecule has 0 N–H and O–H groups in total. The number of rotatable bonds is 3. The predicted octanol–water partition coefficient (Wildman–Crippen LogP) is -1.13. The normalized spacial score (nSPS) is 8.90. The van der Waals surface area contributed by atoms with Gasteiger partial charge in [0.25, 0.3) is 0 Å². The topological polar surface area (TPSA) is 26.3 Å². The quantitative estimate of drug-likeness (QED) is 0.353. The van der Waals surface area contributed by atoms with E-state index < -0.39 is 11.6 Å². The third-order valence-electron chi connectivity index (χ3n) is 0.594. The molecule has 0 bridgehead atoms. The molecule has 0 heterocycles.